The highest BCUT2D eigenvalue weighted by Crippen LogP contribution is 2.31. The average Bonchev–Trinajstić information content (AvgIpc) is 3.04. The van der Waals surface area contributed by atoms with Crippen LogP contribution in [0, 0.1) is 11.3 Å². The third-order valence-corrected chi connectivity index (χ3v) is 4.46. The van der Waals surface area contributed by atoms with Gasteiger partial charge in [0.1, 0.15) is 18.1 Å². The zero-order valence-corrected chi connectivity index (χ0v) is 14.7. The Morgan fingerprint density at radius 3 is 2.54 bits per heavy atom. The van der Waals surface area contributed by atoms with Gasteiger partial charge < -0.3 is 10.1 Å². The van der Waals surface area contributed by atoms with Crippen LogP contribution in [0.3, 0.4) is 0 Å². The van der Waals surface area contributed by atoms with E-state index in [0.717, 1.165) is 16.3 Å². The lowest BCUT2D eigenvalue weighted by molar-refractivity contribution is -0.115. The monoisotopic (exact) mass is 369 g/mol. The van der Waals surface area contributed by atoms with Gasteiger partial charge in [-0.1, -0.05) is 48.5 Å². The first-order chi connectivity index (χ1) is 13.7. The lowest BCUT2D eigenvalue weighted by Gasteiger charge is -2.13. The fourth-order valence-corrected chi connectivity index (χ4v) is 3.09. The number of imide groups is 1. The summed E-state index contributed by atoms with van der Waals surface area (Å²) in [4.78, 5) is 23.4. The molecule has 1 fully saturated rings. The van der Waals surface area contributed by atoms with Crippen molar-refractivity contribution in [1.29, 1.82) is 5.26 Å². The topological polar surface area (TPSA) is 91.2 Å². The normalized spacial score (nSPS) is 14.6. The Morgan fingerprint density at radius 2 is 1.75 bits per heavy atom. The van der Waals surface area contributed by atoms with E-state index in [-0.39, 0.29) is 12.3 Å². The number of nitrogens with one attached hydrogen (secondary N) is 2. The number of rotatable bonds is 4. The third kappa shape index (κ3) is 3.29. The predicted octanol–water partition coefficient (Wildman–Crippen LogP) is 3.47. The maximum absolute atomic E-state index is 12.0. The van der Waals surface area contributed by atoms with Gasteiger partial charge in [0.05, 0.1) is 11.6 Å². The minimum absolute atomic E-state index is 0.156. The largest absolute Gasteiger partial charge is 0.488 e. The molecule has 0 radical (unpaired) electrons. The van der Waals surface area contributed by atoms with Gasteiger partial charge in [0.25, 0.3) is 5.91 Å². The molecule has 28 heavy (non-hydrogen) atoms. The Bertz CT molecular complexity index is 1180. The Hall–Kier alpha value is -4.11. The first-order valence-corrected chi connectivity index (χ1v) is 8.62. The molecule has 3 amide bonds. The first kappa shape index (κ1) is 17.3. The molecule has 4 rings (SSSR count). The van der Waals surface area contributed by atoms with E-state index in [4.69, 9.17) is 4.74 Å². The number of hydrogen-bond acceptors (Lipinski definition) is 4. The Morgan fingerprint density at radius 1 is 0.964 bits per heavy atom. The van der Waals surface area contributed by atoms with E-state index in [1.807, 2.05) is 48.5 Å². The minimum Gasteiger partial charge on any atom is -0.488 e. The lowest BCUT2D eigenvalue weighted by atomic mass is 10.0. The maximum Gasteiger partial charge on any atom is 0.326 e. The number of carbonyl (C=O) groups excluding carboxylic acids is 2. The van der Waals surface area contributed by atoms with Crippen LogP contribution in [-0.2, 0) is 11.4 Å². The van der Waals surface area contributed by atoms with Crippen LogP contribution in [0.25, 0.3) is 16.8 Å². The molecule has 1 heterocycles. The number of urea groups is 1. The zero-order valence-electron chi connectivity index (χ0n) is 14.7. The van der Waals surface area contributed by atoms with Crippen LogP contribution in [0.15, 0.2) is 66.4 Å². The quantitative estimate of drug-likeness (QED) is 0.544. The number of fused-ring (bicyclic) bond motifs is 1. The summed E-state index contributed by atoms with van der Waals surface area (Å²) >= 11 is 0. The molecule has 0 saturated carbocycles. The second kappa shape index (κ2) is 7.25. The van der Waals surface area contributed by atoms with Crippen molar-refractivity contribution in [2.45, 2.75) is 6.61 Å². The van der Waals surface area contributed by atoms with Crippen LogP contribution < -0.4 is 15.4 Å². The summed E-state index contributed by atoms with van der Waals surface area (Å²) in [7, 11) is 0. The number of ether oxygens (including phenoxy) is 1. The summed E-state index contributed by atoms with van der Waals surface area (Å²) in [5, 5.41) is 15.8. The second-order valence-electron chi connectivity index (χ2n) is 6.22. The van der Waals surface area contributed by atoms with Gasteiger partial charge in [-0.2, -0.15) is 5.26 Å². The molecule has 6 nitrogen and oxygen atoms in total. The smallest absolute Gasteiger partial charge is 0.326 e. The van der Waals surface area contributed by atoms with E-state index in [1.165, 1.54) is 0 Å². The van der Waals surface area contributed by atoms with Crippen LogP contribution in [0.5, 0.6) is 5.75 Å². The summed E-state index contributed by atoms with van der Waals surface area (Å²) in [5.74, 6) is 0.0617. The van der Waals surface area contributed by atoms with Crippen LogP contribution in [0.4, 0.5) is 4.79 Å². The number of carbonyl (C=O) groups is 2. The van der Waals surface area contributed by atoms with Gasteiger partial charge in [-0.25, -0.2) is 4.79 Å². The van der Waals surface area contributed by atoms with Crippen LogP contribution in [0.2, 0.25) is 0 Å². The summed E-state index contributed by atoms with van der Waals surface area (Å²) in [6, 6.07) is 20.3. The number of amides is 3. The van der Waals surface area contributed by atoms with Crippen molar-refractivity contribution in [2.75, 3.05) is 0 Å². The van der Waals surface area contributed by atoms with Crippen molar-refractivity contribution in [2.24, 2.45) is 0 Å². The molecule has 3 aromatic carbocycles. The first-order valence-electron chi connectivity index (χ1n) is 8.62. The standard InChI is InChI=1S/C22H15N3O3/c23-12-15-6-1-2-7-16(15)13-28-20-10-9-14-5-3-4-8-17(14)18(20)11-19-21(26)25-22(27)24-19/h1-11H,13H2,(H2,24,25,26,27). The van der Waals surface area contributed by atoms with Crippen molar-refractivity contribution < 1.29 is 14.3 Å². The molecule has 136 valence electrons. The molecule has 0 unspecified atom stereocenters. The van der Waals surface area contributed by atoms with Crippen molar-refractivity contribution >= 4 is 28.8 Å². The molecule has 0 spiro atoms. The summed E-state index contributed by atoms with van der Waals surface area (Å²) in [5.41, 5.74) is 2.15. The summed E-state index contributed by atoms with van der Waals surface area (Å²) in [6.07, 6.45) is 1.61. The average molecular weight is 369 g/mol. The fourth-order valence-electron chi connectivity index (χ4n) is 3.09. The molecule has 1 aliphatic heterocycles. The number of hydrogen-bond donors (Lipinski definition) is 2. The number of nitrogens with zero attached hydrogens (tertiary/aromatic N) is 1. The molecule has 0 atom stereocenters. The van der Waals surface area contributed by atoms with Crippen LogP contribution in [-0.4, -0.2) is 11.9 Å². The minimum atomic E-state index is -0.554. The van der Waals surface area contributed by atoms with E-state index < -0.39 is 11.9 Å². The SMILES string of the molecule is N#Cc1ccccc1COc1ccc2ccccc2c1C=C1NC(=O)NC1=O. The van der Waals surface area contributed by atoms with Crippen molar-refractivity contribution in [3.05, 3.63) is 83.1 Å². The van der Waals surface area contributed by atoms with E-state index in [2.05, 4.69) is 16.7 Å². The van der Waals surface area contributed by atoms with Crippen molar-refractivity contribution in [3.63, 3.8) is 0 Å². The van der Waals surface area contributed by atoms with Gasteiger partial charge in [0.15, 0.2) is 0 Å². The summed E-state index contributed by atoms with van der Waals surface area (Å²) < 4.78 is 6.01. The van der Waals surface area contributed by atoms with Gasteiger partial charge in [0, 0.05) is 11.1 Å². The van der Waals surface area contributed by atoms with Crippen molar-refractivity contribution in [3.8, 4) is 11.8 Å². The van der Waals surface area contributed by atoms with Crippen LogP contribution in [0.1, 0.15) is 16.7 Å². The molecule has 1 saturated heterocycles. The predicted molar refractivity (Wildman–Crippen MR) is 104 cm³/mol. The molecular formula is C22H15N3O3. The van der Waals surface area contributed by atoms with Gasteiger partial charge in [-0.3, -0.25) is 10.1 Å². The molecule has 2 N–H and O–H groups in total. The summed E-state index contributed by atoms with van der Waals surface area (Å²) in [6.45, 7) is 0.205. The molecule has 0 bridgehead atoms. The van der Waals surface area contributed by atoms with Crippen LogP contribution >= 0.6 is 0 Å². The molecule has 1 aliphatic rings. The number of nitriles is 1. The van der Waals surface area contributed by atoms with E-state index >= 15 is 0 Å². The second-order valence-corrected chi connectivity index (χ2v) is 6.22. The Balaban J connectivity index is 1.76. The van der Waals surface area contributed by atoms with Crippen molar-refractivity contribution in [1.82, 2.24) is 10.6 Å². The Kier molecular flexibility index (Phi) is 4.48. The number of benzene rings is 3. The van der Waals surface area contributed by atoms with E-state index in [9.17, 15) is 14.9 Å². The lowest BCUT2D eigenvalue weighted by Crippen LogP contribution is -2.22. The highest BCUT2D eigenvalue weighted by molar-refractivity contribution is 6.14. The molecule has 3 aromatic rings. The van der Waals surface area contributed by atoms with Gasteiger partial charge in [0.2, 0.25) is 0 Å². The van der Waals surface area contributed by atoms with E-state index in [0.29, 0.717) is 16.9 Å². The van der Waals surface area contributed by atoms with E-state index in [1.54, 1.807) is 18.2 Å². The molecule has 0 aliphatic carbocycles. The zero-order chi connectivity index (χ0) is 19.5. The molecule has 6 heteroatoms. The molecule has 0 aromatic heterocycles. The maximum atomic E-state index is 12.0. The van der Waals surface area contributed by atoms with Gasteiger partial charge in [-0.15, -0.1) is 0 Å². The Labute approximate surface area is 161 Å². The van der Waals surface area contributed by atoms with Gasteiger partial charge in [-0.05, 0) is 29.0 Å². The highest BCUT2D eigenvalue weighted by atomic mass is 16.5. The highest BCUT2D eigenvalue weighted by Gasteiger charge is 2.23. The fraction of sp³-hybridized carbons (Fsp3) is 0.0455. The van der Waals surface area contributed by atoms with Gasteiger partial charge >= 0.3 is 6.03 Å². The third-order valence-electron chi connectivity index (χ3n) is 4.46. The molecular weight excluding hydrogens is 354 g/mol.